The Morgan fingerprint density at radius 1 is 1.13 bits per heavy atom. The number of fused-ring (bicyclic) bond motifs is 3. The predicted octanol–water partition coefficient (Wildman–Crippen LogP) is 3.39. The molecule has 0 bridgehead atoms. The fraction of sp³-hybridized carbons (Fsp3) is 0.350. The van der Waals surface area contributed by atoms with E-state index in [0.717, 1.165) is 6.42 Å². The molecule has 0 saturated heterocycles. The van der Waals surface area contributed by atoms with Crippen LogP contribution in [0.15, 0.2) is 42.5 Å². The second-order valence-corrected chi connectivity index (χ2v) is 6.61. The first-order valence-corrected chi connectivity index (χ1v) is 8.22. The van der Waals surface area contributed by atoms with Gasteiger partial charge in [0.15, 0.2) is 0 Å². The molecule has 0 aliphatic heterocycles. The second kappa shape index (κ2) is 6.55. The third-order valence-electron chi connectivity index (χ3n) is 4.41. The molecule has 3 heteroatoms. The van der Waals surface area contributed by atoms with Crippen molar-refractivity contribution in [2.75, 3.05) is 6.54 Å². The number of hydrogen-bond acceptors (Lipinski definition) is 2. The van der Waals surface area contributed by atoms with Crippen molar-refractivity contribution < 1.29 is 9.90 Å². The summed E-state index contributed by atoms with van der Waals surface area (Å²) in [5, 5.41) is 12.4. The third kappa shape index (κ3) is 3.45. The molecule has 1 amide bonds. The van der Waals surface area contributed by atoms with E-state index in [1.54, 1.807) is 6.92 Å². The minimum atomic E-state index is -0.333. The van der Waals surface area contributed by atoms with Gasteiger partial charge in [0.1, 0.15) is 0 Å². The zero-order chi connectivity index (χ0) is 16.4. The molecule has 120 valence electrons. The lowest BCUT2D eigenvalue weighted by molar-refractivity contribution is 0.0939. The van der Waals surface area contributed by atoms with Gasteiger partial charge in [0, 0.05) is 12.1 Å². The predicted molar refractivity (Wildman–Crippen MR) is 92.5 cm³/mol. The van der Waals surface area contributed by atoms with Crippen molar-refractivity contribution in [3.8, 4) is 11.1 Å². The molecule has 3 rings (SSSR count). The lowest BCUT2D eigenvalue weighted by Crippen LogP contribution is -2.29. The van der Waals surface area contributed by atoms with E-state index in [1.165, 1.54) is 22.3 Å². The molecule has 3 nitrogen and oxygen atoms in total. The molecule has 0 radical (unpaired) electrons. The van der Waals surface area contributed by atoms with Crippen molar-refractivity contribution in [1.82, 2.24) is 5.32 Å². The Hall–Kier alpha value is -2.13. The first kappa shape index (κ1) is 15.8. The van der Waals surface area contributed by atoms with E-state index in [2.05, 4.69) is 35.6 Å². The number of carbonyl (C=O) groups is 1. The number of amides is 1. The number of nitrogens with one attached hydrogen (secondary N) is 1. The van der Waals surface area contributed by atoms with Gasteiger partial charge in [-0.1, -0.05) is 37.3 Å². The van der Waals surface area contributed by atoms with E-state index >= 15 is 0 Å². The van der Waals surface area contributed by atoms with Gasteiger partial charge < -0.3 is 10.4 Å². The lowest BCUT2D eigenvalue weighted by atomic mass is 10.0. The van der Waals surface area contributed by atoms with Gasteiger partial charge in [0.2, 0.25) is 0 Å². The largest absolute Gasteiger partial charge is 0.393 e. The van der Waals surface area contributed by atoms with Crippen molar-refractivity contribution in [3.63, 3.8) is 0 Å². The topological polar surface area (TPSA) is 49.3 Å². The van der Waals surface area contributed by atoms with Crippen molar-refractivity contribution >= 4 is 5.91 Å². The normalized spacial score (nSPS) is 14.7. The molecule has 0 spiro atoms. The van der Waals surface area contributed by atoms with Crippen LogP contribution < -0.4 is 5.32 Å². The van der Waals surface area contributed by atoms with Crippen LogP contribution in [0, 0.1) is 5.92 Å². The van der Waals surface area contributed by atoms with Crippen LogP contribution in [0.5, 0.6) is 0 Å². The second-order valence-electron chi connectivity index (χ2n) is 6.61. The summed E-state index contributed by atoms with van der Waals surface area (Å²) in [6.45, 7) is 4.39. The highest BCUT2D eigenvalue weighted by molar-refractivity contribution is 5.95. The van der Waals surface area contributed by atoms with Crippen LogP contribution in [0.4, 0.5) is 0 Å². The molecule has 2 unspecified atom stereocenters. The van der Waals surface area contributed by atoms with Crippen molar-refractivity contribution in [3.05, 3.63) is 59.2 Å². The van der Waals surface area contributed by atoms with E-state index in [-0.39, 0.29) is 17.9 Å². The summed E-state index contributed by atoms with van der Waals surface area (Å²) in [5.74, 6) is 0.221. The maximum atomic E-state index is 12.3. The average Bonchev–Trinajstić information content (AvgIpc) is 2.89. The number of hydrogen-bond donors (Lipinski definition) is 2. The number of aliphatic hydroxyl groups is 1. The summed E-state index contributed by atoms with van der Waals surface area (Å²) < 4.78 is 0. The van der Waals surface area contributed by atoms with Crippen LogP contribution in [0.25, 0.3) is 11.1 Å². The van der Waals surface area contributed by atoms with Gasteiger partial charge in [-0.2, -0.15) is 0 Å². The molecular formula is C20H23NO2. The van der Waals surface area contributed by atoms with Crippen molar-refractivity contribution in [2.24, 2.45) is 5.92 Å². The fourth-order valence-electron chi connectivity index (χ4n) is 3.32. The maximum Gasteiger partial charge on any atom is 0.251 e. The van der Waals surface area contributed by atoms with Crippen LogP contribution in [-0.4, -0.2) is 23.7 Å². The van der Waals surface area contributed by atoms with Gasteiger partial charge in [-0.25, -0.2) is 0 Å². The van der Waals surface area contributed by atoms with Crippen molar-refractivity contribution in [1.29, 1.82) is 0 Å². The number of carbonyl (C=O) groups excluding carboxylic acids is 1. The SMILES string of the molecule is CC(O)CC(C)CNC(=O)c1ccc2c(c1)Cc1ccccc1-2. The lowest BCUT2D eigenvalue weighted by Gasteiger charge is -2.14. The third-order valence-corrected chi connectivity index (χ3v) is 4.41. The molecule has 0 fully saturated rings. The average molecular weight is 309 g/mol. The smallest absolute Gasteiger partial charge is 0.251 e. The van der Waals surface area contributed by atoms with Crippen LogP contribution in [0.2, 0.25) is 0 Å². The Balaban J connectivity index is 1.69. The summed E-state index contributed by atoms with van der Waals surface area (Å²) in [4.78, 5) is 12.3. The summed E-state index contributed by atoms with van der Waals surface area (Å²) in [6.07, 6.45) is 1.26. The fourth-order valence-corrected chi connectivity index (χ4v) is 3.32. The van der Waals surface area contributed by atoms with Crippen LogP contribution in [0.3, 0.4) is 0 Å². The molecular weight excluding hydrogens is 286 g/mol. The first-order valence-electron chi connectivity index (χ1n) is 8.22. The summed E-state index contributed by atoms with van der Waals surface area (Å²) in [5.41, 5.74) is 5.77. The van der Waals surface area contributed by atoms with Gasteiger partial charge in [-0.3, -0.25) is 4.79 Å². The molecule has 0 aromatic heterocycles. The summed E-state index contributed by atoms with van der Waals surface area (Å²) in [7, 11) is 0. The Morgan fingerprint density at radius 2 is 1.87 bits per heavy atom. The standard InChI is InChI=1S/C20H23NO2/c1-13(9-14(2)22)12-21-20(23)16-7-8-19-17(11-16)10-15-5-3-4-6-18(15)19/h3-8,11,13-14,22H,9-10,12H2,1-2H3,(H,21,23). The van der Waals surface area contributed by atoms with Crippen LogP contribution in [-0.2, 0) is 6.42 Å². The molecule has 2 N–H and O–H groups in total. The minimum Gasteiger partial charge on any atom is -0.393 e. The first-order chi connectivity index (χ1) is 11.0. The van der Waals surface area contributed by atoms with E-state index < -0.39 is 0 Å². The Labute approximate surface area is 137 Å². The highest BCUT2D eigenvalue weighted by Gasteiger charge is 2.19. The van der Waals surface area contributed by atoms with Gasteiger partial charge in [0.25, 0.3) is 5.91 Å². The van der Waals surface area contributed by atoms with E-state index in [4.69, 9.17) is 0 Å². The maximum absolute atomic E-state index is 12.3. The molecule has 1 aliphatic carbocycles. The van der Waals surface area contributed by atoms with Crippen LogP contribution >= 0.6 is 0 Å². The van der Waals surface area contributed by atoms with E-state index in [1.807, 2.05) is 19.1 Å². The molecule has 1 aliphatic rings. The zero-order valence-electron chi connectivity index (χ0n) is 13.7. The van der Waals surface area contributed by atoms with Gasteiger partial charge in [-0.05, 0) is 60.1 Å². The quantitative estimate of drug-likeness (QED) is 0.759. The summed E-state index contributed by atoms with van der Waals surface area (Å²) in [6, 6.07) is 14.3. The summed E-state index contributed by atoms with van der Waals surface area (Å²) >= 11 is 0. The molecule has 2 aromatic carbocycles. The van der Waals surface area contributed by atoms with Crippen LogP contribution in [0.1, 0.15) is 41.8 Å². The van der Waals surface area contributed by atoms with Crippen molar-refractivity contribution in [2.45, 2.75) is 32.8 Å². The number of aliphatic hydroxyl groups excluding tert-OH is 1. The number of rotatable bonds is 5. The number of benzene rings is 2. The highest BCUT2D eigenvalue weighted by atomic mass is 16.3. The molecule has 2 atom stereocenters. The zero-order valence-corrected chi connectivity index (χ0v) is 13.7. The van der Waals surface area contributed by atoms with Gasteiger partial charge in [0.05, 0.1) is 6.10 Å². The van der Waals surface area contributed by atoms with Gasteiger partial charge >= 0.3 is 0 Å². The molecule has 0 saturated carbocycles. The van der Waals surface area contributed by atoms with Gasteiger partial charge in [-0.15, -0.1) is 0 Å². The highest BCUT2D eigenvalue weighted by Crippen LogP contribution is 2.36. The monoisotopic (exact) mass is 309 g/mol. The Morgan fingerprint density at radius 3 is 2.65 bits per heavy atom. The Bertz CT molecular complexity index is 721. The van der Waals surface area contributed by atoms with E-state index in [0.29, 0.717) is 18.5 Å². The minimum absolute atomic E-state index is 0.0406. The Kier molecular flexibility index (Phi) is 4.49. The molecule has 2 aromatic rings. The van der Waals surface area contributed by atoms with E-state index in [9.17, 15) is 9.90 Å². The molecule has 23 heavy (non-hydrogen) atoms. The molecule has 0 heterocycles.